The van der Waals surface area contributed by atoms with Crippen molar-refractivity contribution in [3.05, 3.63) is 0 Å². The van der Waals surface area contributed by atoms with Gasteiger partial charge in [-0.25, -0.2) is 0 Å². The molecule has 112 valence electrons. The van der Waals surface area contributed by atoms with Gasteiger partial charge in [0.1, 0.15) is 0 Å². The smallest absolute Gasteiger partial charge is 0.320 e. The van der Waals surface area contributed by atoms with Gasteiger partial charge in [-0.15, -0.1) is 0 Å². The van der Waals surface area contributed by atoms with Crippen LogP contribution in [0.4, 0.5) is 0 Å². The Bertz CT molecular complexity index is 252. The van der Waals surface area contributed by atoms with Crippen molar-refractivity contribution in [3.8, 4) is 0 Å². The predicted octanol–water partition coefficient (Wildman–Crippen LogP) is 0.637. The molecule has 0 heterocycles. The Kier molecular flexibility index (Phi) is 9.16. The number of esters is 2. The molecular formula is C13H25NO5. The molecule has 0 aromatic rings. The molecule has 0 radical (unpaired) electrons. The number of aliphatic hydroxyl groups is 1. The number of carbonyl (C=O) groups excluding carboxylic acids is 2. The predicted molar refractivity (Wildman–Crippen MR) is 70.3 cm³/mol. The van der Waals surface area contributed by atoms with Crippen LogP contribution in [0.15, 0.2) is 0 Å². The van der Waals surface area contributed by atoms with Gasteiger partial charge < -0.3 is 14.6 Å². The third-order valence-corrected chi connectivity index (χ3v) is 2.06. The SMILES string of the molecule is CC(C)COC(=O)CN(CO)CC(=O)OCC(C)C. The Balaban J connectivity index is 3.99. The van der Waals surface area contributed by atoms with Crippen molar-refractivity contribution < 1.29 is 24.2 Å². The zero-order valence-corrected chi connectivity index (χ0v) is 12.2. The van der Waals surface area contributed by atoms with E-state index in [9.17, 15) is 9.59 Å². The van der Waals surface area contributed by atoms with Crippen LogP contribution in [0, 0.1) is 11.8 Å². The molecule has 6 heteroatoms. The number of ether oxygens (including phenoxy) is 2. The van der Waals surface area contributed by atoms with E-state index in [0.29, 0.717) is 13.2 Å². The number of hydrogen-bond acceptors (Lipinski definition) is 6. The van der Waals surface area contributed by atoms with Crippen molar-refractivity contribution in [1.29, 1.82) is 0 Å². The zero-order valence-electron chi connectivity index (χ0n) is 12.2. The third-order valence-electron chi connectivity index (χ3n) is 2.06. The molecule has 0 saturated carbocycles. The second-order valence-electron chi connectivity index (χ2n) is 5.28. The third kappa shape index (κ3) is 10.5. The number of hydrogen-bond donors (Lipinski definition) is 1. The lowest BCUT2D eigenvalue weighted by Crippen LogP contribution is -2.37. The van der Waals surface area contributed by atoms with Gasteiger partial charge in [-0.3, -0.25) is 14.5 Å². The monoisotopic (exact) mass is 275 g/mol. The highest BCUT2D eigenvalue weighted by molar-refractivity contribution is 5.75. The summed E-state index contributed by atoms with van der Waals surface area (Å²) in [5.74, 6) is -0.413. The highest BCUT2D eigenvalue weighted by atomic mass is 16.5. The van der Waals surface area contributed by atoms with Crippen LogP contribution in [-0.2, 0) is 19.1 Å². The van der Waals surface area contributed by atoms with Gasteiger partial charge in [-0.1, -0.05) is 27.7 Å². The maximum Gasteiger partial charge on any atom is 0.320 e. The second kappa shape index (κ2) is 9.75. The summed E-state index contributed by atoms with van der Waals surface area (Å²) in [5.41, 5.74) is 0. The lowest BCUT2D eigenvalue weighted by atomic mass is 10.2. The molecule has 0 spiro atoms. The van der Waals surface area contributed by atoms with E-state index < -0.39 is 18.7 Å². The van der Waals surface area contributed by atoms with Gasteiger partial charge in [0, 0.05) is 0 Å². The Labute approximate surface area is 114 Å². The van der Waals surface area contributed by atoms with Crippen molar-refractivity contribution in [2.75, 3.05) is 33.0 Å². The largest absolute Gasteiger partial charge is 0.464 e. The Morgan fingerprint density at radius 2 is 1.32 bits per heavy atom. The fourth-order valence-corrected chi connectivity index (χ4v) is 1.13. The molecule has 0 atom stereocenters. The Morgan fingerprint density at radius 1 is 0.947 bits per heavy atom. The summed E-state index contributed by atoms with van der Waals surface area (Å²) >= 11 is 0. The maximum atomic E-state index is 11.4. The molecule has 6 nitrogen and oxygen atoms in total. The molecule has 0 aliphatic rings. The van der Waals surface area contributed by atoms with Crippen LogP contribution in [0.1, 0.15) is 27.7 Å². The first-order valence-electron chi connectivity index (χ1n) is 6.49. The molecule has 0 amide bonds. The molecule has 0 bridgehead atoms. The average Bonchev–Trinajstić information content (AvgIpc) is 2.33. The first-order valence-corrected chi connectivity index (χ1v) is 6.49. The van der Waals surface area contributed by atoms with Crippen LogP contribution in [0.25, 0.3) is 0 Å². The number of rotatable bonds is 9. The second-order valence-corrected chi connectivity index (χ2v) is 5.28. The molecule has 0 rings (SSSR count). The van der Waals surface area contributed by atoms with Gasteiger partial charge in [0.2, 0.25) is 0 Å². The van der Waals surface area contributed by atoms with Gasteiger partial charge in [-0.05, 0) is 11.8 Å². The highest BCUT2D eigenvalue weighted by Gasteiger charge is 2.16. The molecule has 0 aliphatic carbocycles. The number of carbonyl (C=O) groups is 2. The molecule has 19 heavy (non-hydrogen) atoms. The standard InChI is InChI=1S/C13H25NO5/c1-10(2)7-18-12(16)5-14(9-15)6-13(17)19-8-11(3)4/h10-11,15H,5-9H2,1-4H3. The zero-order chi connectivity index (χ0) is 14.8. The topological polar surface area (TPSA) is 76.1 Å². The van der Waals surface area contributed by atoms with E-state index in [2.05, 4.69) is 0 Å². The fourth-order valence-electron chi connectivity index (χ4n) is 1.13. The van der Waals surface area contributed by atoms with Crippen molar-refractivity contribution in [2.24, 2.45) is 11.8 Å². The van der Waals surface area contributed by atoms with Crippen LogP contribution >= 0.6 is 0 Å². The minimum absolute atomic E-state index is 0.125. The minimum Gasteiger partial charge on any atom is -0.464 e. The molecule has 1 N–H and O–H groups in total. The highest BCUT2D eigenvalue weighted by Crippen LogP contribution is 1.97. The maximum absolute atomic E-state index is 11.4. The van der Waals surface area contributed by atoms with Crippen LogP contribution < -0.4 is 0 Å². The first-order chi connectivity index (χ1) is 8.85. The lowest BCUT2D eigenvalue weighted by molar-refractivity contribution is -0.151. The van der Waals surface area contributed by atoms with Crippen molar-refractivity contribution in [3.63, 3.8) is 0 Å². The van der Waals surface area contributed by atoms with Gasteiger partial charge in [0.05, 0.1) is 33.0 Å². The molecule has 0 aromatic heterocycles. The number of aliphatic hydroxyl groups excluding tert-OH is 1. The number of nitrogens with zero attached hydrogens (tertiary/aromatic N) is 1. The van der Waals surface area contributed by atoms with Crippen molar-refractivity contribution >= 4 is 11.9 Å². The van der Waals surface area contributed by atoms with Crippen molar-refractivity contribution in [1.82, 2.24) is 4.90 Å². The normalized spacial score (nSPS) is 11.2. The van der Waals surface area contributed by atoms with Gasteiger partial charge in [0.25, 0.3) is 0 Å². The van der Waals surface area contributed by atoms with Crippen LogP contribution in [-0.4, -0.2) is 55.0 Å². The quantitative estimate of drug-likeness (QED) is 0.491. The molecule has 0 aromatic carbocycles. The summed E-state index contributed by atoms with van der Waals surface area (Å²) in [6.45, 7) is 7.74. The van der Waals surface area contributed by atoms with E-state index >= 15 is 0 Å². The van der Waals surface area contributed by atoms with Gasteiger partial charge in [-0.2, -0.15) is 0 Å². The lowest BCUT2D eigenvalue weighted by Gasteiger charge is -2.18. The average molecular weight is 275 g/mol. The molecule has 0 unspecified atom stereocenters. The fraction of sp³-hybridized carbons (Fsp3) is 0.846. The first kappa shape index (κ1) is 17.9. The van der Waals surface area contributed by atoms with Crippen LogP contribution in [0.3, 0.4) is 0 Å². The molecule has 0 saturated heterocycles. The van der Waals surface area contributed by atoms with E-state index in [-0.39, 0.29) is 24.9 Å². The van der Waals surface area contributed by atoms with E-state index in [1.165, 1.54) is 4.90 Å². The summed E-state index contributed by atoms with van der Waals surface area (Å²) in [4.78, 5) is 24.1. The van der Waals surface area contributed by atoms with Crippen LogP contribution in [0.5, 0.6) is 0 Å². The minimum atomic E-state index is -0.459. The van der Waals surface area contributed by atoms with Crippen molar-refractivity contribution in [2.45, 2.75) is 27.7 Å². The molecule has 0 fully saturated rings. The summed E-state index contributed by atoms with van der Waals surface area (Å²) in [5, 5.41) is 9.09. The van der Waals surface area contributed by atoms with E-state index in [0.717, 1.165) is 0 Å². The Morgan fingerprint density at radius 3 is 1.58 bits per heavy atom. The van der Waals surface area contributed by atoms with E-state index in [4.69, 9.17) is 14.6 Å². The van der Waals surface area contributed by atoms with Gasteiger partial charge in [0.15, 0.2) is 0 Å². The van der Waals surface area contributed by atoms with Crippen LogP contribution in [0.2, 0.25) is 0 Å². The van der Waals surface area contributed by atoms with Gasteiger partial charge >= 0.3 is 11.9 Å². The molecule has 0 aliphatic heterocycles. The molecular weight excluding hydrogens is 250 g/mol. The van der Waals surface area contributed by atoms with E-state index in [1.54, 1.807) is 0 Å². The summed E-state index contributed by atoms with van der Waals surface area (Å²) in [6, 6.07) is 0. The Hall–Kier alpha value is -1.14. The van der Waals surface area contributed by atoms with E-state index in [1.807, 2.05) is 27.7 Å². The summed E-state index contributed by atoms with van der Waals surface area (Å²) in [6.07, 6.45) is 0. The summed E-state index contributed by atoms with van der Waals surface area (Å²) in [7, 11) is 0. The summed E-state index contributed by atoms with van der Waals surface area (Å²) < 4.78 is 9.94.